The van der Waals surface area contributed by atoms with Gasteiger partial charge in [-0.2, -0.15) is 0 Å². The Labute approximate surface area is 167 Å². The maximum atomic E-state index is 12.6. The molecule has 142 valence electrons. The van der Waals surface area contributed by atoms with Gasteiger partial charge in [0, 0.05) is 41.5 Å². The zero-order valence-corrected chi connectivity index (χ0v) is 16.6. The number of hydrogen-bond acceptors (Lipinski definition) is 4. The van der Waals surface area contributed by atoms with Crippen LogP contribution in [0.25, 0.3) is 0 Å². The Bertz CT molecular complexity index is 830. The van der Waals surface area contributed by atoms with Crippen molar-refractivity contribution in [3.8, 4) is 0 Å². The van der Waals surface area contributed by atoms with Crippen LogP contribution in [0, 0.1) is 5.92 Å². The number of hydrogen-bond donors (Lipinski definition) is 1. The van der Waals surface area contributed by atoms with Gasteiger partial charge in [0.05, 0.1) is 5.92 Å². The molecule has 1 saturated heterocycles. The molecule has 1 aliphatic carbocycles. The average Bonchev–Trinajstić information content (AvgIpc) is 3.38. The fraction of sp³-hybridized carbons (Fsp3) is 0.450. The van der Waals surface area contributed by atoms with Gasteiger partial charge in [0.2, 0.25) is 11.8 Å². The molecular weight excluding hydrogens is 382 g/mol. The molecule has 2 aliphatic rings. The van der Waals surface area contributed by atoms with Crippen LogP contribution in [0.3, 0.4) is 0 Å². The largest absolute Gasteiger partial charge is 0.339 e. The zero-order valence-electron chi connectivity index (χ0n) is 15.0. The Kier molecular flexibility index (Phi) is 5.45. The van der Waals surface area contributed by atoms with Crippen LogP contribution >= 0.6 is 22.9 Å². The van der Waals surface area contributed by atoms with Crippen molar-refractivity contribution in [2.75, 3.05) is 11.9 Å². The van der Waals surface area contributed by atoms with E-state index in [0.29, 0.717) is 29.2 Å². The quantitative estimate of drug-likeness (QED) is 0.816. The van der Waals surface area contributed by atoms with Crippen LogP contribution < -0.4 is 5.32 Å². The molecule has 1 aromatic heterocycles. The van der Waals surface area contributed by atoms with Crippen LogP contribution in [0.1, 0.15) is 42.5 Å². The molecule has 1 saturated carbocycles. The van der Waals surface area contributed by atoms with E-state index in [4.69, 9.17) is 11.6 Å². The molecule has 7 heteroatoms. The lowest BCUT2D eigenvalue weighted by molar-refractivity contribution is -0.129. The number of nitrogens with one attached hydrogen (secondary N) is 1. The Morgan fingerprint density at radius 2 is 2.00 bits per heavy atom. The molecular formula is C20H22ClN3O2S. The van der Waals surface area contributed by atoms with Crippen molar-refractivity contribution in [3.63, 3.8) is 0 Å². The molecule has 4 rings (SSSR count). The fourth-order valence-electron chi connectivity index (χ4n) is 3.93. The average molecular weight is 404 g/mol. The van der Waals surface area contributed by atoms with Crippen molar-refractivity contribution in [1.29, 1.82) is 0 Å². The first-order chi connectivity index (χ1) is 13.1. The van der Waals surface area contributed by atoms with Gasteiger partial charge in [-0.15, -0.1) is 11.3 Å². The highest BCUT2D eigenvalue weighted by molar-refractivity contribution is 7.15. The number of carbonyl (C=O) groups excluding carboxylic acids is 2. The van der Waals surface area contributed by atoms with Gasteiger partial charge in [-0.3, -0.25) is 9.59 Å². The molecule has 0 unspecified atom stereocenters. The molecule has 1 N–H and O–H groups in total. The Morgan fingerprint density at radius 3 is 2.74 bits per heavy atom. The van der Waals surface area contributed by atoms with Crippen LogP contribution in [-0.2, 0) is 16.0 Å². The minimum atomic E-state index is -0.276. The smallest absolute Gasteiger partial charge is 0.231 e. The Morgan fingerprint density at radius 1 is 1.26 bits per heavy atom. The molecule has 0 bridgehead atoms. The van der Waals surface area contributed by atoms with E-state index in [-0.39, 0.29) is 17.7 Å². The van der Waals surface area contributed by atoms with Crippen molar-refractivity contribution in [3.05, 3.63) is 45.9 Å². The Balaban J connectivity index is 1.34. The normalized spacial score (nSPS) is 20.4. The SMILES string of the molecule is O=C(Nc1ncc(Cc2ccc(Cl)cc2)s1)[C@@H]1CC(=O)N(C2CCCC2)C1. The summed E-state index contributed by atoms with van der Waals surface area (Å²) in [6.45, 7) is 0.540. The van der Waals surface area contributed by atoms with E-state index >= 15 is 0 Å². The molecule has 1 aromatic carbocycles. The number of thiazole rings is 1. The van der Waals surface area contributed by atoms with E-state index in [2.05, 4.69) is 10.3 Å². The molecule has 0 radical (unpaired) electrons. The van der Waals surface area contributed by atoms with E-state index in [1.54, 1.807) is 6.20 Å². The highest BCUT2D eigenvalue weighted by Crippen LogP contribution is 2.30. The second-order valence-electron chi connectivity index (χ2n) is 7.31. The molecule has 2 aromatic rings. The predicted molar refractivity (Wildman–Crippen MR) is 107 cm³/mol. The summed E-state index contributed by atoms with van der Waals surface area (Å²) < 4.78 is 0. The van der Waals surface area contributed by atoms with Crippen LogP contribution in [-0.4, -0.2) is 34.3 Å². The summed E-state index contributed by atoms with van der Waals surface area (Å²) >= 11 is 7.39. The highest BCUT2D eigenvalue weighted by atomic mass is 35.5. The van der Waals surface area contributed by atoms with Crippen LogP contribution in [0.5, 0.6) is 0 Å². The number of halogens is 1. The maximum absolute atomic E-state index is 12.6. The standard InChI is InChI=1S/C20H22ClN3O2S/c21-15-7-5-13(6-8-15)9-17-11-22-20(27-17)23-19(26)14-10-18(25)24(12-14)16-3-1-2-4-16/h5-8,11,14,16H,1-4,9-10,12H2,(H,22,23,26)/t14-/m1/s1. The number of benzene rings is 1. The minimum Gasteiger partial charge on any atom is -0.339 e. The van der Waals surface area contributed by atoms with E-state index in [1.165, 1.54) is 24.2 Å². The third-order valence-electron chi connectivity index (χ3n) is 5.37. The van der Waals surface area contributed by atoms with E-state index in [1.807, 2.05) is 29.2 Å². The summed E-state index contributed by atoms with van der Waals surface area (Å²) in [7, 11) is 0. The molecule has 2 fully saturated rings. The van der Waals surface area contributed by atoms with E-state index < -0.39 is 0 Å². The number of rotatable bonds is 5. The fourth-order valence-corrected chi connectivity index (χ4v) is 4.91. The molecule has 1 atom stereocenters. The highest BCUT2D eigenvalue weighted by Gasteiger charge is 2.38. The monoisotopic (exact) mass is 403 g/mol. The van der Waals surface area contributed by atoms with Gasteiger partial charge in [-0.25, -0.2) is 4.98 Å². The number of anilines is 1. The van der Waals surface area contributed by atoms with Gasteiger partial charge >= 0.3 is 0 Å². The Hall–Kier alpha value is -1.92. The number of aromatic nitrogens is 1. The first-order valence-corrected chi connectivity index (χ1v) is 10.6. The van der Waals surface area contributed by atoms with E-state index in [0.717, 1.165) is 29.7 Å². The molecule has 5 nitrogen and oxygen atoms in total. The van der Waals surface area contributed by atoms with Crippen molar-refractivity contribution >= 4 is 39.9 Å². The zero-order chi connectivity index (χ0) is 18.8. The topological polar surface area (TPSA) is 62.3 Å². The lowest BCUT2D eigenvalue weighted by Gasteiger charge is -2.23. The first kappa shape index (κ1) is 18.4. The summed E-state index contributed by atoms with van der Waals surface area (Å²) in [6.07, 6.45) is 7.36. The van der Waals surface area contributed by atoms with Gasteiger partial charge < -0.3 is 10.2 Å². The van der Waals surface area contributed by atoms with Crippen molar-refractivity contribution in [2.45, 2.75) is 44.6 Å². The second kappa shape index (κ2) is 7.98. The van der Waals surface area contributed by atoms with Gasteiger partial charge in [0.25, 0.3) is 0 Å². The molecule has 1 aliphatic heterocycles. The molecule has 27 heavy (non-hydrogen) atoms. The summed E-state index contributed by atoms with van der Waals surface area (Å²) in [5, 5.41) is 4.21. The van der Waals surface area contributed by atoms with Gasteiger partial charge in [0.1, 0.15) is 0 Å². The van der Waals surface area contributed by atoms with Crippen LogP contribution in [0.4, 0.5) is 5.13 Å². The third kappa shape index (κ3) is 4.33. The summed E-state index contributed by atoms with van der Waals surface area (Å²) in [6, 6.07) is 8.05. The molecule has 2 heterocycles. The van der Waals surface area contributed by atoms with E-state index in [9.17, 15) is 9.59 Å². The molecule has 0 spiro atoms. The van der Waals surface area contributed by atoms with Crippen molar-refractivity contribution < 1.29 is 9.59 Å². The van der Waals surface area contributed by atoms with Crippen LogP contribution in [0.2, 0.25) is 5.02 Å². The second-order valence-corrected chi connectivity index (χ2v) is 8.86. The summed E-state index contributed by atoms with van der Waals surface area (Å²) in [5.74, 6) is -0.262. The molecule has 2 amide bonds. The van der Waals surface area contributed by atoms with Gasteiger partial charge in [0.15, 0.2) is 5.13 Å². The maximum Gasteiger partial charge on any atom is 0.231 e. The van der Waals surface area contributed by atoms with Crippen molar-refractivity contribution in [1.82, 2.24) is 9.88 Å². The number of nitrogens with zero attached hydrogens (tertiary/aromatic N) is 2. The summed E-state index contributed by atoms with van der Waals surface area (Å²) in [4.78, 5) is 32.2. The number of likely N-dealkylation sites (tertiary alicyclic amines) is 1. The lowest BCUT2D eigenvalue weighted by Crippen LogP contribution is -2.35. The lowest BCUT2D eigenvalue weighted by atomic mass is 10.1. The van der Waals surface area contributed by atoms with Gasteiger partial charge in [-0.1, -0.05) is 36.6 Å². The minimum absolute atomic E-state index is 0.101. The first-order valence-electron chi connectivity index (χ1n) is 9.38. The van der Waals surface area contributed by atoms with Gasteiger partial charge in [-0.05, 0) is 30.5 Å². The number of carbonyl (C=O) groups is 2. The van der Waals surface area contributed by atoms with Crippen LogP contribution in [0.15, 0.2) is 30.5 Å². The predicted octanol–water partition coefficient (Wildman–Crippen LogP) is 4.12. The third-order valence-corrected chi connectivity index (χ3v) is 6.53. The van der Waals surface area contributed by atoms with Crippen molar-refractivity contribution in [2.24, 2.45) is 5.92 Å². The number of amides is 2. The summed E-state index contributed by atoms with van der Waals surface area (Å²) in [5.41, 5.74) is 1.15.